The van der Waals surface area contributed by atoms with E-state index >= 15 is 0 Å². The minimum Gasteiger partial charge on any atom is -0.349 e. The minimum atomic E-state index is -0.349. The Morgan fingerprint density at radius 2 is 1.94 bits per heavy atom. The molecule has 1 N–H and O–H groups in total. The number of nitrogens with zero attached hydrogens (tertiary/aromatic N) is 3. The third-order valence-corrected chi connectivity index (χ3v) is 7.82. The molecule has 2 fully saturated rings. The number of piperidine rings is 1. The third-order valence-electron chi connectivity index (χ3n) is 6.80. The van der Waals surface area contributed by atoms with E-state index in [2.05, 4.69) is 15.3 Å². The quantitative estimate of drug-likeness (QED) is 0.438. The highest BCUT2D eigenvalue weighted by Gasteiger charge is 2.54. The van der Waals surface area contributed by atoms with Crippen molar-refractivity contribution in [2.75, 3.05) is 6.54 Å². The number of aromatic nitrogens is 2. The van der Waals surface area contributed by atoms with Crippen LogP contribution in [-0.4, -0.2) is 45.3 Å². The molecule has 35 heavy (non-hydrogen) atoms. The molecule has 6 rings (SSSR count). The van der Waals surface area contributed by atoms with Gasteiger partial charge in [0.15, 0.2) is 0 Å². The van der Waals surface area contributed by atoms with E-state index in [4.69, 9.17) is 0 Å². The van der Waals surface area contributed by atoms with Crippen molar-refractivity contribution in [2.45, 2.75) is 31.8 Å². The zero-order valence-electron chi connectivity index (χ0n) is 19.1. The average molecular weight is 487 g/mol. The van der Waals surface area contributed by atoms with Crippen LogP contribution in [0, 0.1) is 18.7 Å². The summed E-state index contributed by atoms with van der Waals surface area (Å²) in [6, 6.07) is 17.6. The molecule has 3 heterocycles. The van der Waals surface area contributed by atoms with Crippen LogP contribution in [0.5, 0.6) is 0 Å². The minimum absolute atomic E-state index is 0.113. The van der Waals surface area contributed by atoms with Crippen molar-refractivity contribution >= 4 is 34.1 Å². The Kier molecular flexibility index (Phi) is 5.33. The molecule has 0 radical (unpaired) electrons. The van der Waals surface area contributed by atoms with Gasteiger partial charge in [-0.15, -0.1) is 11.3 Å². The zero-order valence-corrected chi connectivity index (χ0v) is 19.9. The fourth-order valence-corrected chi connectivity index (χ4v) is 5.98. The third kappa shape index (κ3) is 4.08. The first-order valence-electron chi connectivity index (χ1n) is 11.7. The molecule has 1 saturated heterocycles. The van der Waals surface area contributed by atoms with E-state index in [1.54, 1.807) is 18.2 Å². The van der Waals surface area contributed by atoms with E-state index in [9.17, 15) is 14.0 Å². The number of hydrogen-bond donors (Lipinski definition) is 1. The molecule has 0 bridgehead atoms. The summed E-state index contributed by atoms with van der Waals surface area (Å²) in [7, 11) is 0. The number of aryl methyl sites for hydroxylation is 1. The maximum absolute atomic E-state index is 13.9. The Balaban J connectivity index is 1.21. The molecule has 1 aliphatic carbocycles. The Hall–Kier alpha value is -3.65. The van der Waals surface area contributed by atoms with Crippen LogP contribution in [0.15, 0.2) is 60.7 Å². The van der Waals surface area contributed by atoms with Crippen LogP contribution in [0.2, 0.25) is 0 Å². The van der Waals surface area contributed by atoms with Crippen molar-refractivity contribution < 1.29 is 14.0 Å². The molecular formula is C27H23FN4O2S. The fourth-order valence-electron chi connectivity index (χ4n) is 5.07. The molecule has 4 aromatic rings. The van der Waals surface area contributed by atoms with Gasteiger partial charge in [-0.05, 0) is 55.5 Å². The van der Waals surface area contributed by atoms with Crippen LogP contribution in [0.25, 0.3) is 21.3 Å². The topological polar surface area (TPSA) is 75.2 Å². The number of halogens is 1. The lowest BCUT2D eigenvalue weighted by Gasteiger charge is -2.27. The normalized spacial score (nSPS) is 20.6. The second-order valence-electron chi connectivity index (χ2n) is 9.19. The standard InChI is InChI=1S/C27H23FN4O2S/c1-15-30-24(25(35-15)17-6-4-7-19(28)11-17)27(34)32-20(12-18-13-23(18)32)14-29-26(33)22-10-9-16-5-2-3-8-21(16)31-22/h2-11,18,20,23H,12-14H2,1H3,(H,29,33)/t18-,20+,23+/m1/s1. The molecule has 2 aromatic heterocycles. The van der Waals surface area contributed by atoms with Gasteiger partial charge in [-0.3, -0.25) is 9.59 Å². The summed E-state index contributed by atoms with van der Waals surface area (Å²) >= 11 is 1.39. The van der Waals surface area contributed by atoms with Gasteiger partial charge in [0.25, 0.3) is 11.8 Å². The number of carbonyl (C=O) groups excluding carboxylic acids is 2. The van der Waals surface area contributed by atoms with Crippen molar-refractivity contribution in [1.82, 2.24) is 20.2 Å². The first-order chi connectivity index (χ1) is 17.0. The van der Waals surface area contributed by atoms with Gasteiger partial charge < -0.3 is 10.2 Å². The Morgan fingerprint density at radius 1 is 1.09 bits per heavy atom. The molecule has 0 unspecified atom stereocenters. The fraction of sp³-hybridized carbons (Fsp3) is 0.259. The highest BCUT2D eigenvalue weighted by atomic mass is 32.1. The molecule has 2 aliphatic rings. The summed E-state index contributed by atoms with van der Waals surface area (Å²) in [5, 5.41) is 4.71. The number of fused-ring (bicyclic) bond motifs is 2. The largest absolute Gasteiger partial charge is 0.349 e. The molecule has 0 spiro atoms. The van der Waals surface area contributed by atoms with E-state index in [0.717, 1.165) is 28.8 Å². The summed E-state index contributed by atoms with van der Waals surface area (Å²) < 4.78 is 13.9. The van der Waals surface area contributed by atoms with E-state index < -0.39 is 0 Å². The van der Waals surface area contributed by atoms with Crippen LogP contribution in [-0.2, 0) is 0 Å². The highest BCUT2D eigenvalue weighted by Crippen LogP contribution is 2.48. The number of para-hydroxylation sites is 1. The first-order valence-corrected chi connectivity index (χ1v) is 12.5. The SMILES string of the molecule is Cc1nc(C(=O)N2[C@H](CNC(=O)c3ccc4ccccc4n3)C[C@@H]3C[C@@H]32)c(-c2cccc(F)c2)s1. The number of pyridine rings is 1. The lowest BCUT2D eigenvalue weighted by atomic mass is 10.1. The Bertz CT molecular complexity index is 1470. The van der Waals surface area contributed by atoms with E-state index in [1.807, 2.05) is 42.2 Å². The summed E-state index contributed by atoms with van der Waals surface area (Å²) in [6.45, 7) is 2.20. The summed E-state index contributed by atoms with van der Waals surface area (Å²) in [5.74, 6) is -0.300. The number of thiazole rings is 1. The predicted molar refractivity (Wildman–Crippen MR) is 133 cm³/mol. The lowest BCUT2D eigenvalue weighted by molar-refractivity contribution is 0.0684. The average Bonchev–Trinajstić information content (AvgIpc) is 3.35. The lowest BCUT2D eigenvalue weighted by Crippen LogP contribution is -2.45. The van der Waals surface area contributed by atoms with Gasteiger partial charge in [-0.1, -0.05) is 36.4 Å². The van der Waals surface area contributed by atoms with Gasteiger partial charge in [0.05, 0.1) is 21.4 Å². The highest BCUT2D eigenvalue weighted by molar-refractivity contribution is 7.15. The van der Waals surface area contributed by atoms with Crippen molar-refractivity contribution in [3.05, 3.63) is 82.9 Å². The summed E-state index contributed by atoms with van der Waals surface area (Å²) in [6.07, 6.45) is 1.82. The van der Waals surface area contributed by atoms with Gasteiger partial charge in [-0.2, -0.15) is 0 Å². The smallest absolute Gasteiger partial charge is 0.274 e. The maximum Gasteiger partial charge on any atom is 0.274 e. The number of benzene rings is 2. The number of likely N-dealkylation sites (tertiary alicyclic amines) is 1. The van der Waals surface area contributed by atoms with Crippen LogP contribution < -0.4 is 5.32 Å². The van der Waals surface area contributed by atoms with Crippen molar-refractivity contribution in [3.8, 4) is 10.4 Å². The van der Waals surface area contributed by atoms with Crippen LogP contribution in [0.1, 0.15) is 38.8 Å². The molecule has 1 saturated carbocycles. The summed E-state index contributed by atoms with van der Waals surface area (Å²) in [4.78, 5) is 38.1. The van der Waals surface area contributed by atoms with Gasteiger partial charge in [0.1, 0.15) is 17.2 Å². The Labute approximate surface area is 205 Å². The number of carbonyl (C=O) groups is 2. The van der Waals surface area contributed by atoms with Gasteiger partial charge in [-0.25, -0.2) is 14.4 Å². The van der Waals surface area contributed by atoms with E-state index in [1.165, 1.54) is 23.5 Å². The molecule has 6 nitrogen and oxygen atoms in total. The summed E-state index contributed by atoms with van der Waals surface area (Å²) in [5.41, 5.74) is 2.13. The molecule has 2 amide bonds. The Morgan fingerprint density at radius 3 is 2.80 bits per heavy atom. The molecule has 8 heteroatoms. The van der Waals surface area contributed by atoms with Crippen LogP contribution in [0.3, 0.4) is 0 Å². The monoisotopic (exact) mass is 486 g/mol. The number of nitrogens with one attached hydrogen (secondary N) is 1. The molecule has 3 atom stereocenters. The first kappa shape index (κ1) is 21.9. The van der Waals surface area contributed by atoms with E-state index in [-0.39, 0.29) is 29.7 Å². The number of rotatable bonds is 5. The molecule has 2 aromatic carbocycles. The molecule has 176 valence electrons. The maximum atomic E-state index is 13.9. The second kappa shape index (κ2) is 8.53. The van der Waals surface area contributed by atoms with Gasteiger partial charge in [0.2, 0.25) is 0 Å². The van der Waals surface area contributed by atoms with Crippen molar-refractivity contribution in [2.24, 2.45) is 5.92 Å². The number of amides is 2. The molecule has 1 aliphatic heterocycles. The van der Waals surface area contributed by atoms with Crippen LogP contribution in [0.4, 0.5) is 4.39 Å². The number of hydrogen-bond acceptors (Lipinski definition) is 5. The van der Waals surface area contributed by atoms with Gasteiger partial charge >= 0.3 is 0 Å². The van der Waals surface area contributed by atoms with Crippen molar-refractivity contribution in [1.29, 1.82) is 0 Å². The van der Waals surface area contributed by atoms with Crippen molar-refractivity contribution in [3.63, 3.8) is 0 Å². The van der Waals surface area contributed by atoms with Crippen LogP contribution >= 0.6 is 11.3 Å². The molecular weight excluding hydrogens is 463 g/mol. The predicted octanol–water partition coefficient (Wildman–Crippen LogP) is 4.84. The second-order valence-corrected chi connectivity index (χ2v) is 10.4. The zero-order chi connectivity index (χ0) is 24.1. The van der Waals surface area contributed by atoms with Gasteiger partial charge in [0, 0.05) is 18.0 Å². The van der Waals surface area contributed by atoms with E-state index in [0.29, 0.717) is 34.3 Å².